The van der Waals surface area contributed by atoms with Gasteiger partial charge in [0.15, 0.2) is 5.96 Å². The number of aromatic nitrogens is 2. The molecule has 28 heavy (non-hydrogen) atoms. The van der Waals surface area contributed by atoms with Crippen LogP contribution < -0.4 is 5.32 Å². The third kappa shape index (κ3) is 6.78. The maximum absolute atomic E-state index is 4.61. The Kier molecular flexibility index (Phi) is 9.25. The first-order valence-electron chi connectivity index (χ1n) is 10.8. The quantitative estimate of drug-likeness (QED) is 0.396. The Morgan fingerprint density at radius 3 is 2.50 bits per heavy atom. The van der Waals surface area contributed by atoms with Gasteiger partial charge in [-0.1, -0.05) is 20.8 Å². The third-order valence-electron chi connectivity index (χ3n) is 5.56. The van der Waals surface area contributed by atoms with E-state index in [2.05, 4.69) is 64.1 Å². The molecule has 0 unspecified atom stereocenters. The van der Waals surface area contributed by atoms with Gasteiger partial charge in [0.05, 0.1) is 5.69 Å². The van der Waals surface area contributed by atoms with Crippen LogP contribution in [0, 0.1) is 0 Å². The van der Waals surface area contributed by atoms with Crippen LogP contribution in [0.4, 0.5) is 0 Å². The second kappa shape index (κ2) is 11.4. The summed E-state index contributed by atoms with van der Waals surface area (Å²) in [7, 11) is 5.95. The number of rotatable bonds is 9. The zero-order valence-electron chi connectivity index (χ0n) is 18.9. The molecule has 0 saturated carbocycles. The molecule has 1 aliphatic rings. The van der Waals surface area contributed by atoms with Crippen molar-refractivity contribution in [2.45, 2.75) is 46.1 Å². The van der Waals surface area contributed by atoms with Crippen molar-refractivity contribution in [1.29, 1.82) is 0 Å². The van der Waals surface area contributed by atoms with Crippen LogP contribution >= 0.6 is 0 Å². The lowest BCUT2D eigenvalue weighted by atomic mass is 10.1. The van der Waals surface area contributed by atoms with E-state index in [-0.39, 0.29) is 0 Å². The number of piperazine rings is 1. The molecule has 1 N–H and O–H groups in total. The number of guanidine groups is 1. The van der Waals surface area contributed by atoms with Gasteiger partial charge in [-0.2, -0.15) is 5.10 Å². The zero-order valence-corrected chi connectivity index (χ0v) is 18.9. The molecule has 0 atom stereocenters. The normalized spacial score (nSPS) is 16.8. The number of likely N-dealkylation sites (N-methyl/N-ethyl adjacent to an activating group) is 1. The summed E-state index contributed by atoms with van der Waals surface area (Å²) in [5.41, 5.74) is 2.45. The predicted octanol–water partition coefficient (Wildman–Crippen LogP) is 1.97. The fourth-order valence-corrected chi connectivity index (χ4v) is 3.87. The first-order chi connectivity index (χ1) is 13.4. The molecule has 0 spiro atoms. The molecular formula is C21H41N7. The molecule has 0 radical (unpaired) electrons. The van der Waals surface area contributed by atoms with Crippen molar-refractivity contribution in [3.63, 3.8) is 0 Å². The minimum absolute atomic E-state index is 0.429. The summed E-state index contributed by atoms with van der Waals surface area (Å²) in [6.45, 7) is 15.7. The average Bonchev–Trinajstić information content (AvgIpc) is 3.05. The minimum atomic E-state index is 0.429. The van der Waals surface area contributed by atoms with Gasteiger partial charge in [-0.25, -0.2) is 0 Å². The third-order valence-corrected chi connectivity index (χ3v) is 5.56. The second-order valence-corrected chi connectivity index (χ2v) is 8.18. The number of aryl methyl sites for hydroxylation is 1. The lowest BCUT2D eigenvalue weighted by Gasteiger charge is -2.34. The van der Waals surface area contributed by atoms with Crippen LogP contribution in [0.5, 0.6) is 0 Å². The number of unbranched alkanes of at least 4 members (excludes halogenated alkanes) is 1. The largest absolute Gasteiger partial charge is 0.356 e. The van der Waals surface area contributed by atoms with Crippen molar-refractivity contribution in [2.24, 2.45) is 12.0 Å². The molecule has 0 bridgehead atoms. The van der Waals surface area contributed by atoms with E-state index < -0.39 is 0 Å². The van der Waals surface area contributed by atoms with Gasteiger partial charge in [0.25, 0.3) is 0 Å². The van der Waals surface area contributed by atoms with Gasteiger partial charge in [-0.05, 0) is 31.8 Å². The van der Waals surface area contributed by atoms with Crippen LogP contribution in [-0.4, -0.2) is 90.3 Å². The van der Waals surface area contributed by atoms with Crippen LogP contribution in [0.2, 0.25) is 0 Å². The molecule has 7 heteroatoms. The SMILES string of the molecule is CCN1CCN(CCCCNC(=NC)N(C)Cc2cn(C)nc2C(C)C)CC1. The van der Waals surface area contributed by atoms with Crippen molar-refractivity contribution < 1.29 is 0 Å². The predicted molar refractivity (Wildman–Crippen MR) is 118 cm³/mol. The van der Waals surface area contributed by atoms with Crippen LogP contribution in [0.25, 0.3) is 0 Å². The molecule has 1 aliphatic heterocycles. The molecule has 1 saturated heterocycles. The molecule has 7 nitrogen and oxygen atoms in total. The van der Waals surface area contributed by atoms with Gasteiger partial charge in [-0.3, -0.25) is 9.67 Å². The van der Waals surface area contributed by atoms with Gasteiger partial charge in [0.1, 0.15) is 0 Å². The van der Waals surface area contributed by atoms with Gasteiger partial charge in [0, 0.05) is 72.2 Å². The summed E-state index contributed by atoms with van der Waals surface area (Å²) in [6, 6.07) is 0. The molecule has 1 aromatic heterocycles. The highest BCUT2D eigenvalue weighted by atomic mass is 15.3. The van der Waals surface area contributed by atoms with Gasteiger partial charge in [0.2, 0.25) is 0 Å². The summed E-state index contributed by atoms with van der Waals surface area (Å²) < 4.78 is 1.91. The smallest absolute Gasteiger partial charge is 0.193 e. The average molecular weight is 392 g/mol. The van der Waals surface area contributed by atoms with Crippen molar-refractivity contribution in [1.82, 2.24) is 29.8 Å². The van der Waals surface area contributed by atoms with Crippen LogP contribution in [0.15, 0.2) is 11.2 Å². The highest BCUT2D eigenvalue weighted by Crippen LogP contribution is 2.18. The molecule has 0 amide bonds. The molecule has 0 aliphatic carbocycles. The Balaban J connectivity index is 1.69. The Labute approximate surface area is 171 Å². The van der Waals surface area contributed by atoms with Crippen LogP contribution in [0.3, 0.4) is 0 Å². The molecule has 1 aromatic rings. The summed E-state index contributed by atoms with van der Waals surface area (Å²) >= 11 is 0. The Bertz CT molecular complexity index is 600. The molecule has 160 valence electrons. The summed E-state index contributed by atoms with van der Waals surface area (Å²) in [5.74, 6) is 1.38. The standard InChI is InChI=1S/C21H41N7/c1-7-27-12-14-28(15-13-27)11-9-8-10-23-21(22-4)25(5)16-19-17-26(6)24-20(19)18(2)3/h17-18H,7-16H2,1-6H3,(H,22,23). The zero-order chi connectivity index (χ0) is 20.5. The van der Waals surface area contributed by atoms with E-state index in [4.69, 9.17) is 0 Å². The topological polar surface area (TPSA) is 51.9 Å². The number of hydrogen-bond donors (Lipinski definition) is 1. The molecular weight excluding hydrogens is 350 g/mol. The summed E-state index contributed by atoms with van der Waals surface area (Å²) in [6.07, 6.45) is 4.53. The molecule has 0 aromatic carbocycles. The number of nitrogens with zero attached hydrogens (tertiary/aromatic N) is 6. The van der Waals surface area contributed by atoms with Crippen molar-refractivity contribution in [2.75, 3.05) is 59.9 Å². The van der Waals surface area contributed by atoms with E-state index in [0.29, 0.717) is 5.92 Å². The second-order valence-electron chi connectivity index (χ2n) is 8.18. The van der Waals surface area contributed by atoms with E-state index in [1.807, 2.05) is 18.8 Å². The first kappa shape index (κ1) is 22.7. The number of aliphatic imine (C=N–C) groups is 1. The van der Waals surface area contributed by atoms with E-state index in [0.717, 1.165) is 19.0 Å². The van der Waals surface area contributed by atoms with Gasteiger partial charge < -0.3 is 20.0 Å². The van der Waals surface area contributed by atoms with Gasteiger partial charge in [-0.15, -0.1) is 0 Å². The van der Waals surface area contributed by atoms with E-state index >= 15 is 0 Å². The van der Waals surface area contributed by atoms with E-state index in [1.165, 1.54) is 63.4 Å². The van der Waals surface area contributed by atoms with Gasteiger partial charge >= 0.3 is 0 Å². The van der Waals surface area contributed by atoms with Crippen LogP contribution in [0.1, 0.15) is 50.8 Å². The lowest BCUT2D eigenvalue weighted by molar-refractivity contribution is 0.136. The van der Waals surface area contributed by atoms with Crippen molar-refractivity contribution in [3.05, 3.63) is 17.5 Å². The fourth-order valence-electron chi connectivity index (χ4n) is 3.87. The summed E-state index contributed by atoms with van der Waals surface area (Å²) in [4.78, 5) is 11.8. The highest BCUT2D eigenvalue weighted by Gasteiger charge is 2.16. The monoisotopic (exact) mass is 391 g/mol. The highest BCUT2D eigenvalue weighted by molar-refractivity contribution is 5.79. The Morgan fingerprint density at radius 2 is 1.89 bits per heavy atom. The molecule has 2 rings (SSSR count). The molecule has 2 heterocycles. The summed E-state index contributed by atoms with van der Waals surface area (Å²) in [5, 5.41) is 8.13. The fraction of sp³-hybridized carbons (Fsp3) is 0.810. The maximum atomic E-state index is 4.61. The number of nitrogens with one attached hydrogen (secondary N) is 1. The lowest BCUT2D eigenvalue weighted by Crippen LogP contribution is -2.46. The first-order valence-corrected chi connectivity index (χ1v) is 10.8. The minimum Gasteiger partial charge on any atom is -0.356 e. The van der Waals surface area contributed by atoms with E-state index in [1.54, 1.807) is 0 Å². The van der Waals surface area contributed by atoms with Crippen molar-refractivity contribution >= 4 is 5.96 Å². The van der Waals surface area contributed by atoms with Crippen molar-refractivity contribution in [3.8, 4) is 0 Å². The number of hydrogen-bond acceptors (Lipinski definition) is 4. The Hall–Kier alpha value is -1.60. The van der Waals surface area contributed by atoms with E-state index in [9.17, 15) is 0 Å². The Morgan fingerprint density at radius 1 is 1.21 bits per heavy atom. The van der Waals surface area contributed by atoms with Crippen LogP contribution in [-0.2, 0) is 13.6 Å². The maximum Gasteiger partial charge on any atom is 0.193 e. The molecule has 1 fully saturated rings.